The highest BCUT2D eigenvalue weighted by atomic mass is 79.9. The first-order valence-corrected chi connectivity index (χ1v) is 6.32. The summed E-state index contributed by atoms with van der Waals surface area (Å²) in [5.74, 6) is 0.460. The third-order valence-corrected chi connectivity index (χ3v) is 3.50. The zero-order chi connectivity index (χ0) is 11.5. The van der Waals surface area contributed by atoms with Gasteiger partial charge in [0.05, 0.1) is 0 Å². The van der Waals surface area contributed by atoms with Crippen LogP contribution < -0.4 is 5.73 Å². The summed E-state index contributed by atoms with van der Waals surface area (Å²) in [6.45, 7) is 0. The van der Waals surface area contributed by atoms with Gasteiger partial charge in [-0.15, -0.1) is 0 Å². The van der Waals surface area contributed by atoms with Crippen LogP contribution in [0.5, 0.6) is 0 Å². The molecular formula is C12H15BrN2O. The highest BCUT2D eigenvalue weighted by Crippen LogP contribution is 2.26. The third-order valence-electron chi connectivity index (χ3n) is 3.07. The molecule has 0 amide bonds. The van der Waals surface area contributed by atoms with Crippen LogP contribution in [0.1, 0.15) is 24.8 Å². The van der Waals surface area contributed by atoms with Crippen LogP contribution in [0.3, 0.4) is 0 Å². The molecule has 1 heterocycles. The minimum atomic E-state index is 0.161. The quantitative estimate of drug-likeness (QED) is 0.924. The third kappa shape index (κ3) is 2.89. The number of nitrogens with two attached hydrogens (primary N) is 1. The second-order valence-corrected chi connectivity index (χ2v) is 5.34. The predicted octanol–water partition coefficient (Wildman–Crippen LogP) is 2.08. The van der Waals surface area contributed by atoms with Crippen molar-refractivity contribution in [3.8, 4) is 0 Å². The summed E-state index contributed by atoms with van der Waals surface area (Å²) in [6, 6.07) is 2.16. The minimum absolute atomic E-state index is 0.161. The Balaban J connectivity index is 1.97. The number of aromatic nitrogens is 1. The number of Topliss-reactive ketones (excluding diaryl/α,β-unsaturated/α-hetero) is 1. The van der Waals surface area contributed by atoms with Gasteiger partial charge in [0.2, 0.25) is 0 Å². The number of ketones is 1. The van der Waals surface area contributed by atoms with Crippen molar-refractivity contribution >= 4 is 21.7 Å². The van der Waals surface area contributed by atoms with Gasteiger partial charge in [-0.2, -0.15) is 0 Å². The molecule has 16 heavy (non-hydrogen) atoms. The number of hydrogen-bond donors (Lipinski definition) is 1. The topological polar surface area (TPSA) is 56.0 Å². The summed E-state index contributed by atoms with van der Waals surface area (Å²) in [4.78, 5) is 16.0. The summed E-state index contributed by atoms with van der Waals surface area (Å²) in [6.07, 6.45) is 6.72. The van der Waals surface area contributed by atoms with Crippen LogP contribution in [0.4, 0.5) is 0 Å². The zero-order valence-corrected chi connectivity index (χ0v) is 10.6. The Kier molecular flexibility index (Phi) is 3.71. The van der Waals surface area contributed by atoms with Crippen LogP contribution in [0.2, 0.25) is 0 Å². The van der Waals surface area contributed by atoms with Crippen molar-refractivity contribution in [1.82, 2.24) is 4.98 Å². The van der Waals surface area contributed by atoms with E-state index in [1.165, 1.54) is 0 Å². The molecule has 1 fully saturated rings. The lowest BCUT2D eigenvalue weighted by Gasteiger charge is -2.08. The molecule has 1 aromatic heterocycles. The van der Waals surface area contributed by atoms with E-state index >= 15 is 0 Å². The lowest BCUT2D eigenvalue weighted by Crippen LogP contribution is -2.19. The van der Waals surface area contributed by atoms with E-state index in [0.29, 0.717) is 12.2 Å². The molecule has 0 spiro atoms. The molecule has 2 unspecified atom stereocenters. The molecule has 0 radical (unpaired) electrons. The van der Waals surface area contributed by atoms with Crippen LogP contribution in [0, 0.1) is 5.92 Å². The fourth-order valence-corrected chi connectivity index (χ4v) is 2.62. The highest BCUT2D eigenvalue weighted by Gasteiger charge is 2.27. The Morgan fingerprint density at radius 1 is 1.50 bits per heavy atom. The van der Waals surface area contributed by atoms with E-state index in [2.05, 4.69) is 20.9 Å². The predicted molar refractivity (Wildman–Crippen MR) is 66.0 cm³/mol. The van der Waals surface area contributed by atoms with E-state index in [1.54, 1.807) is 12.4 Å². The highest BCUT2D eigenvalue weighted by molar-refractivity contribution is 9.10. The Bertz CT molecular complexity index is 394. The fourth-order valence-electron chi connectivity index (χ4n) is 2.21. The van der Waals surface area contributed by atoms with Crippen molar-refractivity contribution in [2.45, 2.75) is 31.7 Å². The van der Waals surface area contributed by atoms with Gasteiger partial charge in [-0.05, 0) is 46.8 Å². The van der Waals surface area contributed by atoms with Crippen LogP contribution >= 0.6 is 15.9 Å². The summed E-state index contributed by atoms with van der Waals surface area (Å²) in [5, 5.41) is 0. The number of carbonyl (C=O) groups excluding carboxylic acids is 1. The van der Waals surface area contributed by atoms with Gasteiger partial charge >= 0.3 is 0 Å². The molecule has 2 rings (SSSR count). The van der Waals surface area contributed by atoms with Crippen molar-refractivity contribution < 1.29 is 4.79 Å². The van der Waals surface area contributed by atoms with E-state index in [9.17, 15) is 4.79 Å². The van der Waals surface area contributed by atoms with Gasteiger partial charge in [0, 0.05) is 35.2 Å². The van der Waals surface area contributed by atoms with Crippen LogP contribution in [-0.2, 0) is 11.2 Å². The monoisotopic (exact) mass is 282 g/mol. The number of rotatable bonds is 3. The second-order valence-electron chi connectivity index (χ2n) is 4.42. The van der Waals surface area contributed by atoms with Crippen LogP contribution in [0.15, 0.2) is 22.9 Å². The zero-order valence-electron chi connectivity index (χ0n) is 9.03. The number of hydrogen-bond acceptors (Lipinski definition) is 3. The fraction of sp³-hybridized carbons (Fsp3) is 0.500. The molecule has 1 aliphatic carbocycles. The Morgan fingerprint density at radius 3 is 2.94 bits per heavy atom. The lowest BCUT2D eigenvalue weighted by atomic mass is 9.97. The molecule has 0 bridgehead atoms. The molecule has 1 saturated carbocycles. The molecule has 3 nitrogen and oxygen atoms in total. The molecule has 0 aliphatic heterocycles. The van der Waals surface area contributed by atoms with Crippen molar-refractivity contribution in [2.24, 2.45) is 11.7 Å². The maximum atomic E-state index is 12.0. The number of halogens is 1. The largest absolute Gasteiger partial charge is 0.328 e. The molecule has 4 heteroatoms. The van der Waals surface area contributed by atoms with Gasteiger partial charge in [-0.3, -0.25) is 9.78 Å². The molecular weight excluding hydrogens is 268 g/mol. The van der Waals surface area contributed by atoms with E-state index in [1.807, 2.05) is 6.07 Å². The second kappa shape index (κ2) is 5.06. The van der Waals surface area contributed by atoms with E-state index in [-0.39, 0.29) is 12.0 Å². The Labute approximate surface area is 104 Å². The maximum Gasteiger partial charge on any atom is 0.140 e. The van der Waals surface area contributed by atoms with Gasteiger partial charge in [-0.1, -0.05) is 0 Å². The molecule has 0 saturated heterocycles. The van der Waals surface area contributed by atoms with Gasteiger partial charge in [0.1, 0.15) is 5.78 Å². The van der Waals surface area contributed by atoms with E-state index in [4.69, 9.17) is 5.73 Å². The number of nitrogens with zero attached hydrogens (tertiary/aromatic N) is 1. The Morgan fingerprint density at radius 2 is 2.31 bits per heavy atom. The molecule has 1 aliphatic rings. The molecule has 86 valence electrons. The minimum Gasteiger partial charge on any atom is -0.328 e. The van der Waals surface area contributed by atoms with Gasteiger partial charge in [0.15, 0.2) is 0 Å². The smallest absolute Gasteiger partial charge is 0.140 e. The summed E-state index contributed by atoms with van der Waals surface area (Å²) in [7, 11) is 0. The lowest BCUT2D eigenvalue weighted by molar-refractivity contribution is -0.122. The summed E-state index contributed by atoms with van der Waals surface area (Å²) >= 11 is 3.35. The van der Waals surface area contributed by atoms with Crippen molar-refractivity contribution in [3.63, 3.8) is 0 Å². The average Bonchev–Trinajstić information content (AvgIpc) is 2.65. The standard InChI is InChI=1S/C12H15BrN2O/c13-10-3-8(6-15-7-10)4-12(16)9-1-2-11(14)5-9/h3,6-7,9,11H,1-2,4-5,14H2. The normalized spacial score (nSPS) is 24.6. The van der Waals surface area contributed by atoms with Crippen molar-refractivity contribution in [3.05, 3.63) is 28.5 Å². The number of carbonyl (C=O) groups is 1. The first kappa shape index (κ1) is 11.7. The van der Waals surface area contributed by atoms with Crippen molar-refractivity contribution in [1.29, 1.82) is 0 Å². The van der Waals surface area contributed by atoms with E-state index in [0.717, 1.165) is 29.3 Å². The SMILES string of the molecule is NC1CCC(C(=O)Cc2cncc(Br)c2)C1. The van der Waals surface area contributed by atoms with Crippen LogP contribution in [-0.4, -0.2) is 16.8 Å². The van der Waals surface area contributed by atoms with Gasteiger partial charge in [-0.25, -0.2) is 0 Å². The average molecular weight is 283 g/mol. The van der Waals surface area contributed by atoms with Gasteiger partial charge < -0.3 is 5.73 Å². The molecule has 0 aromatic carbocycles. The molecule has 2 N–H and O–H groups in total. The van der Waals surface area contributed by atoms with E-state index < -0.39 is 0 Å². The van der Waals surface area contributed by atoms with Crippen molar-refractivity contribution in [2.75, 3.05) is 0 Å². The maximum absolute atomic E-state index is 12.0. The summed E-state index contributed by atoms with van der Waals surface area (Å²) < 4.78 is 0.918. The molecule has 1 aromatic rings. The molecule has 2 atom stereocenters. The summed E-state index contributed by atoms with van der Waals surface area (Å²) in [5.41, 5.74) is 6.78. The first-order chi connectivity index (χ1) is 7.65. The Hall–Kier alpha value is -0.740. The first-order valence-electron chi connectivity index (χ1n) is 5.53. The van der Waals surface area contributed by atoms with Crippen LogP contribution in [0.25, 0.3) is 0 Å². The number of pyridine rings is 1. The van der Waals surface area contributed by atoms with Gasteiger partial charge in [0.25, 0.3) is 0 Å².